The quantitative estimate of drug-likeness (QED) is 0.611. The molecule has 0 radical (unpaired) electrons. The Balaban J connectivity index is 1.77. The van der Waals surface area contributed by atoms with Crippen LogP contribution >= 0.6 is 22.6 Å². The largest absolute Gasteiger partial charge is 0.385 e. The summed E-state index contributed by atoms with van der Waals surface area (Å²) >= 11 is 2.38. The van der Waals surface area contributed by atoms with Crippen LogP contribution in [0.25, 0.3) is 0 Å². The van der Waals surface area contributed by atoms with Gasteiger partial charge in [0.1, 0.15) is 0 Å². The van der Waals surface area contributed by atoms with Crippen molar-refractivity contribution in [2.24, 2.45) is 0 Å². The van der Waals surface area contributed by atoms with Gasteiger partial charge in [-0.3, -0.25) is 0 Å². The minimum Gasteiger partial charge on any atom is -0.385 e. The van der Waals surface area contributed by atoms with Crippen LogP contribution in [0.5, 0.6) is 0 Å². The van der Waals surface area contributed by atoms with E-state index in [1.165, 1.54) is 20.4 Å². The monoisotopic (exact) mass is 351 g/mol. The summed E-state index contributed by atoms with van der Waals surface area (Å²) in [6, 6.07) is 17.2. The van der Waals surface area contributed by atoms with Crippen molar-refractivity contribution in [3.05, 3.63) is 63.2 Å². The average Bonchev–Trinajstić information content (AvgIpc) is 2.40. The number of halogens is 1. The zero-order chi connectivity index (χ0) is 12.8. The van der Waals surface area contributed by atoms with Crippen LogP contribution in [0, 0.1) is 10.5 Å². The van der Waals surface area contributed by atoms with Gasteiger partial charge in [-0.1, -0.05) is 36.4 Å². The van der Waals surface area contributed by atoms with Crippen molar-refractivity contribution in [3.63, 3.8) is 0 Å². The van der Waals surface area contributed by atoms with Gasteiger partial charge >= 0.3 is 0 Å². The van der Waals surface area contributed by atoms with Crippen LogP contribution in [0.15, 0.2) is 48.5 Å². The predicted molar refractivity (Wildman–Crippen MR) is 87.1 cm³/mol. The van der Waals surface area contributed by atoms with Gasteiger partial charge in [-0.15, -0.1) is 0 Å². The highest BCUT2D eigenvalue weighted by Gasteiger charge is 1.97. The molecule has 1 nitrogen and oxygen atoms in total. The van der Waals surface area contributed by atoms with E-state index in [1.807, 2.05) is 0 Å². The summed E-state index contributed by atoms with van der Waals surface area (Å²) in [5.41, 5.74) is 3.97. The SMILES string of the molecule is Cc1ccc(NCCCc2ccccc2)cc1I. The normalized spacial score (nSPS) is 10.3. The van der Waals surface area contributed by atoms with E-state index in [0.29, 0.717) is 0 Å². The van der Waals surface area contributed by atoms with Crippen LogP contribution in [-0.4, -0.2) is 6.54 Å². The summed E-state index contributed by atoms with van der Waals surface area (Å²) in [7, 11) is 0. The second kappa shape index (κ2) is 6.78. The molecule has 0 unspecified atom stereocenters. The van der Waals surface area contributed by atoms with E-state index in [9.17, 15) is 0 Å². The first-order valence-electron chi connectivity index (χ1n) is 6.29. The van der Waals surface area contributed by atoms with Gasteiger partial charge in [0.25, 0.3) is 0 Å². The molecular formula is C16H18IN. The Morgan fingerprint density at radius 3 is 2.56 bits per heavy atom. The Morgan fingerprint density at radius 2 is 1.83 bits per heavy atom. The maximum atomic E-state index is 3.48. The Bertz CT molecular complexity index is 494. The zero-order valence-corrected chi connectivity index (χ0v) is 12.8. The third-order valence-corrected chi connectivity index (χ3v) is 4.15. The van der Waals surface area contributed by atoms with Crippen molar-refractivity contribution < 1.29 is 0 Å². The van der Waals surface area contributed by atoms with Gasteiger partial charge in [-0.2, -0.15) is 0 Å². The van der Waals surface area contributed by atoms with Crippen LogP contribution in [0.1, 0.15) is 17.5 Å². The molecule has 2 heteroatoms. The van der Waals surface area contributed by atoms with Crippen molar-refractivity contribution >= 4 is 28.3 Å². The number of hydrogen-bond acceptors (Lipinski definition) is 1. The van der Waals surface area contributed by atoms with E-state index in [1.54, 1.807) is 0 Å². The first-order chi connectivity index (χ1) is 8.75. The molecule has 1 N–H and O–H groups in total. The van der Waals surface area contributed by atoms with Crippen molar-refractivity contribution in [2.45, 2.75) is 19.8 Å². The first kappa shape index (κ1) is 13.4. The molecule has 0 aliphatic heterocycles. The summed E-state index contributed by atoms with van der Waals surface area (Å²) in [6.07, 6.45) is 2.30. The molecule has 0 spiro atoms. The van der Waals surface area contributed by atoms with Crippen LogP contribution in [0.3, 0.4) is 0 Å². The van der Waals surface area contributed by atoms with Gasteiger partial charge in [0.15, 0.2) is 0 Å². The van der Waals surface area contributed by atoms with Gasteiger partial charge in [-0.05, 0) is 65.6 Å². The fourth-order valence-corrected chi connectivity index (χ4v) is 2.39. The molecule has 2 aromatic rings. The van der Waals surface area contributed by atoms with Crippen molar-refractivity contribution in [1.29, 1.82) is 0 Å². The minimum absolute atomic E-state index is 1.02. The molecule has 0 saturated carbocycles. The fraction of sp³-hybridized carbons (Fsp3) is 0.250. The number of anilines is 1. The number of benzene rings is 2. The lowest BCUT2D eigenvalue weighted by atomic mass is 10.1. The summed E-state index contributed by atoms with van der Waals surface area (Å²) in [5, 5.41) is 3.48. The van der Waals surface area contributed by atoms with E-state index in [0.717, 1.165) is 19.4 Å². The Morgan fingerprint density at radius 1 is 1.06 bits per heavy atom. The minimum atomic E-state index is 1.02. The third kappa shape index (κ3) is 4.02. The average molecular weight is 351 g/mol. The second-order valence-electron chi connectivity index (χ2n) is 4.48. The van der Waals surface area contributed by atoms with E-state index in [2.05, 4.69) is 83.4 Å². The molecule has 0 saturated heterocycles. The number of aryl methyl sites for hydroxylation is 2. The van der Waals surface area contributed by atoms with Crippen molar-refractivity contribution in [1.82, 2.24) is 0 Å². The van der Waals surface area contributed by atoms with Crippen LogP contribution in [0.4, 0.5) is 5.69 Å². The molecule has 2 rings (SSSR count). The summed E-state index contributed by atoms with van der Waals surface area (Å²) < 4.78 is 1.32. The highest BCUT2D eigenvalue weighted by Crippen LogP contribution is 2.17. The molecule has 0 bridgehead atoms. The summed E-state index contributed by atoms with van der Waals surface area (Å²) in [5.74, 6) is 0. The summed E-state index contributed by atoms with van der Waals surface area (Å²) in [6.45, 7) is 3.16. The third-order valence-electron chi connectivity index (χ3n) is 2.99. The van der Waals surface area contributed by atoms with Crippen LogP contribution < -0.4 is 5.32 Å². The van der Waals surface area contributed by atoms with E-state index >= 15 is 0 Å². The highest BCUT2D eigenvalue weighted by molar-refractivity contribution is 14.1. The second-order valence-corrected chi connectivity index (χ2v) is 5.64. The molecule has 0 aliphatic carbocycles. The van der Waals surface area contributed by atoms with Crippen LogP contribution in [-0.2, 0) is 6.42 Å². The van der Waals surface area contributed by atoms with Gasteiger partial charge in [0.05, 0.1) is 0 Å². The number of nitrogens with one attached hydrogen (secondary N) is 1. The molecule has 94 valence electrons. The topological polar surface area (TPSA) is 12.0 Å². The van der Waals surface area contributed by atoms with Crippen molar-refractivity contribution in [2.75, 3.05) is 11.9 Å². The van der Waals surface area contributed by atoms with Crippen LogP contribution in [0.2, 0.25) is 0 Å². The van der Waals surface area contributed by atoms with Crippen molar-refractivity contribution in [3.8, 4) is 0 Å². The fourth-order valence-electron chi connectivity index (χ4n) is 1.87. The zero-order valence-electron chi connectivity index (χ0n) is 10.6. The lowest BCUT2D eigenvalue weighted by Crippen LogP contribution is -2.03. The summed E-state index contributed by atoms with van der Waals surface area (Å²) in [4.78, 5) is 0. The van der Waals surface area contributed by atoms with Gasteiger partial charge in [-0.25, -0.2) is 0 Å². The Hall–Kier alpha value is -1.03. The smallest absolute Gasteiger partial charge is 0.0350 e. The predicted octanol–water partition coefficient (Wildman–Crippen LogP) is 4.64. The molecular weight excluding hydrogens is 333 g/mol. The lowest BCUT2D eigenvalue weighted by molar-refractivity contribution is 0.863. The lowest BCUT2D eigenvalue weighted by Gasteiger charge is -2.08. The molecule has 2 aromatic carbocycles. The number of hydrogen-bond donors (Lipinski definition) is 1. The highest BCUT2D eigenvalue weighted by atomic mass is 127. The molecule has 18 heavy (non-hydrogen) atoms. The van der Waals surface area contributed by atoms with E-state index in [4.69, 9.17) is 0 Å². The maximum Gasteiger partial charge on any atom is 0.0350 e. The Kier molecular flexibility index (Phi) is 5.05. The molecule has 0 fully saturated rings. The molecule has 0 aliphatic rings. The number of rotatable bonds is 5. The van der Waals surface area contributed by atoms with Gasteiger partial charge < -0.3 is 5.32 Å². The molecule has 0 atom stereocenters. The van der Waals surface area contributed by atoms with E-state index in [-0.39, 0.29) is 0 Å². The van der Waals surface area contributed by atoms with Gasteiger partial charge in [0.2, 0.25) is 0 Å². The van der Waals surface area contributed by atoms with Gasteiger partial charge in [0, 0.05) is 15.8 Å². The standard InChI is InChI=1S/C16H18IN/c1-13-9-10-15(12-16(13)17)18-11-5-8-14-6-3-2-4-7-14/h2-4,6-7,9-10,12,18H,5,8,11H2,1H3. The maximum absolute atomic E-state index is 3.48. The molecule has 0 heterocycles. The molecule has 0 aromatic heterocycles. The van der Waals surface area contributed by atoms with E-state index < -0.39 is 0 Å². The molecule has 0 amide bonds. The first-order valence-corrected chi connectivity index (χ1v) is 7.37. The Labute approximate surface area is 123 Å².